The van der Waals surface area contributed by atoms with Gasteiger partial charge in [0.2, 0.25) is 5.95 Å². The highest BCUT2D eigenvalue weighted by atomic mass is 16.4. The summed E-state index contributed by atoms with van der Waals surface area (Å²) in [4.78, 5) is 15.3. The number of carboxylic acids is 1. The Kier molecular flexibility index (Phi) is 3.03. The van der Waals surface area contributed by atoms with E-state index >= 15 is 0 Å². The number of rotatable bonds is 3. The molecule has 3 aromatic rings. The largest absolute Gasteiger partial charge is 0.477 e. The molecule has 7 heteroatoms. The molecule has 2 aromatic heterocycles. The van der Waals surface area contributed by atoms with Crippen molar-refractivity contribution in [3.05, 3.63) is 47.7 Å². The van der Waals surface area contributed by atoms with Gasteiger partial charge in [-0.1, -0.05) is 24.3 Å². The Morgan fingerprint density at radius 2 is 1.90 bits per heavy atom. The minimum absolute atomic E-state index is 0.0107. The lowest BCUT2D eigenvalue weighted by Gasteiger charge is -2.06. The fourth-order valence-corrected chi connectivity index (χ4v) is 2.19. The van der Waals surface area contributed by atoms with Crippen LogP contribution in [0.3, 0.4) is 0 Å². The van der Waals surface area contributed by atoms with Crippen molar-refractivity contribution < 1.29 is 9.90 Å². The number of aromatic carboxylic acids is 1. The Hall–Kier alpha value is -2.93. The van der Waals surface area contributed by atoms with Crippen molar-refractivity contribution in [3.8, 4) is 11.1 Å². The third kappa shape index (κ3) is 2.19. The van der Waals surface area contributed by atoms with E-state index in [1.54, 1.807) is 6.07 Å². The molecule has 0 atom stereocenters. The van der Waals surface area contributed by atoms with Gasteiger partial charge in [0.15, 0.2) is 11.3 Å². The van der Waals surface area contributed by atoms with Gasteiger partial charge in [0, 0.05) is 12.1 Å². The van der Waals surface area contributed by atoms with Crippen LogP contribution in [-0.4, -0.2) is 25.7 Å². The van der Waals surface area contributed by atoms with Crippen LogP contribution < -0.4 is 11.5 Å². The maximum absolute atomic E-state index is 11.2. The zero-order chi connectivity index (χ0) is 15.0. The number of pyridine rings is 1. The van der Waals surface area contributed by atoms with Crippen LogP contribution in [-0.2, 0) is 6.54 Å². The van der Waals surface area contributed by atoms with Gasteiger partial charge in [-0.2, -0.15) is 4.98 Å². The molecule has 0 aliphatic rings. The highest BCUT2D eigenvalue weighted by Crippen LogP contribution is 2.25. The monoisotopic (exact) mass is 283 g/mol. The van der Waals surface area contributed by atoms with E-state index in [0.717, 1.165) is 16.7 Å². The van der Waals surface area contributed by atoms with Gasteiger partial charge in [0.05, 0.1) is 0 Å². The number of fused-ring (bicyclic) bond motifs is 1. The second-order valence-electron chi connectivity index (χ2n) is 4.54. The van der Waals surface area contributed by atoms with Crippen LogP contribution in [0.5, 0.6) is 0 Å². The Bertz CT molecular complexity index is 823. The molecular formula is C14H13N5O2. The van der Waals surface area contributed by atoms with E-state index in [0.29, 0.717) is 12.2 Å². The van der Waals surface area contributed by atoms with Crippen molar-refractivity contribution in [1.82, 2.24) is 14.6 Å². The van der Waals surface area contributed by atoms with Crippen LogP contribution >= 0.6 is 0 Å². The summed E-state index contributed by atoms with van der Waals surface area (Å²) in [6.45, 7) is 0.464. The third-order valence-electron chi connectivity index (χ3n) is 3.22. The van der Waals surface area contributed by atoms with E-state index in [2.05, 4.69) is 10.1 Å². The molecule has 0 bridgehead atoms. The average Bonchev–Trinajstić information content (AvgIpc) is 2.87. The zero-order valence-electron chi connectivity index (χ0n) is 11.0. The lowest BCUT2D eigenvalue weighted by Crippen LogP contribution is -2.07. The number of anilines is 1. The van der Waals surface area contributed by atoms with Gasteiger partial charge in [-0.05, 0) is 23.3 Å². The van der Waals surface area contributed by atoms with Gasteiger partial charge in [-0.3, -0.25) is 0 Å². The van der Waals surface area contributed by atoms with Gasteiger partial charge in [0.1, 0.15) is 0 Å². The molecule has 21 heavy (non-hydrogen) atoms. The van der Waals surface area contributed by atoms with Gasteiger partial charge >= 0.3 is 5.97 Å². The number of nitrogen functional groups attached to an aromatic ring is 1. The minimum atomic E-state index is -1.09. The summed E-state index contributed by atoms with van der Waals surface area (Å²) < 4.78 is 1.24. The fourth-order valence-electron chi connectivity index (χ4n) is 2.19. The summed E-state index contributed by atoms with van der Waals surface area (Å²) in [6.07, 6.45) is 0. The summed E-state index contributed by atoms with van der Waals surface area (Å²) in [6, 6.07) is 10.8. The minimum Gasteiger partial charge on any atom is -0.477 e. The quantitative estimate of drug-likeness (QED) is 0.663. The normalized spacial score (nSPS) is 10.9. The first-order valence-electron chi connectivity index (χ1n) is 6.28. The molecule has 1 aromatic carbocycles. The molecule has 0 aliphatic carbocycles. The Morgan fingerprint density at radius 3 is 2.52 bits per heavy atom. The Labute approximate surface area is 119 Å². The number of nitrogens with two attached hydrogens (primary N) is 2. The number of aromatic nitrogens is 3. The first-order chi connectivity index (χ1) is 10.1. The van der Waals surface area contributed by atoms with Crippen molar-refractivity contribution in [1.29, 1.82) is 0 Å². The fraction of sp³-hybridized carbons (Fsp3) is 0.0714. The molecular weight excluding hydrogens is 270 g/mol. The molecule has 0 fully saturated rings. The molecule has 0 unspecified atom stereocenters. The Morgan fingerprint density at radius 1 is 1.19 bits per heavy atom. The van der Waals surface area contributed by atoms with Crippen molar-refractivity contribution >= 4 is 17.6 Å². The van der Waals surface area contributed by atoms with Crippen LogP contribution in [0.1, 0.15) is 16.1 Å². The number of carboxylic acid groups (broad SMARTS) is 1. The van der Waals surface area contributed by atoms with Crippen molar-refractivity contribution in [2.75, 3.05) is 5.73 Å². The molecule has 0 aliphatic heterocycles. The van der Waals surface area contributed by atoms with Crippen LogP contribution in [0.4, 0.5) is 5.95 Å². The molecule has 0 amide bonds. The second-order valence-corrected chi connectivity index (χ2v) is 4.54. The maximum Gasteiger partial charge on any atom is 0.354 e. The first kappa shape index (κ1) is 13.1. The summed E-state index contributed by atoms with van der Waals surface area (Å²) in [5.41, 5.74) is 14.3. The molecule has 7 nitrogen and oxygen atoms in total. The van der Waals surface area contributed by atoms with Crippen molar-refractivity contribution in [2.45, 2.75) is 6.54 Å². The number of hydrogen-bond donors (Lipinski definition) is 3. The zero-order valence-corrected chi connectivity index (χ0v) is 11.0. The summed E-state index contributed by atoms with van der Waals surface area (Å²) >= 11 is 0. The number of carbonyl (C=O) groups is 1. The predicted molar refractivity (Wildman–Crippen MR) is 77.7 cm³/mol. The molecule has 106 valence electrons. The Balaban J connectivity index is 2.23. The second kappa shape index (κ2) is 4.88. The van der Waals surface area contributed by atoms with E-state index in [1.165, 1.54) is 10.6 Å². The molecule has 0 radical (unpaired) electrons. The number of nitrogens with zero attached hydrogens (tertiary/aromatic N) is 3. The van der Waals surface area contributed by atoms with Gasteiger partial charge in [-0.15, -0.1) is 5.10 Å². The van der Waals surface area contributed by atoms with E-state index in [9.17, 15) is 9.90 Å². The highest BCUT2D eigenvalue weighted by molar-refractivity contribution is 5.89. The third-order valence-corrected chi connectivity index (χ3v) is 3.22. The SMILES string of the molecule is NCc1ccc(-c2ccc(C(=O)O)n3nc(N)nc23)cc1. The van der Waals surface area contributed by atoms with Gasteiger partial charge in [0.25, 0.3) is 0 Å². The predicted octanol–water partition coefficient (Wildman–Crippen LogP) is 1.14. The first-order valence-corrected chi connectivity index (χ1v) is 6.28. The average molecular weight is 283 g/mol. The van der Waals surface area contributed by atoms with Crippen LogP contribution in [0.2, 0.25) is 0 Å². The topological polar surface area (TPSA) is 120 Å². The van der Waals surface area contributed by atoms with E-state index in [-0.39, 0.29) is 11.6 Å². The number of benzene rings is 1. The molecule has 0 saturated carbocycles. The summed E-state index contributed by atoms with van der Waals surface area (Å²) in [5.74, 6) is -1.06. The standard InChI is InChI=1S/C14H13N5O2/c15-7-8-1-3-9(4-2-8)10-5-6-11(13(20)21)19-12(10)17-14(16)18-19/h1-6H,7,15H2,(H2,16,18)(H,20,21). The molecule has 3 rings (SSSR count). The molecule has 5 N–H and O–H groups in total. The molecule has 2 heterocycles. The van der Waals surface area contributed by atoms with E-state index < -0.39 is 5.97 Å². The van der Waals surface area contributed by atoms with E-state index in [4.69, 9.17) is 11.5 Å². The molecule has 0 saturated heterocycles. The van der Waals surface area contributed by atoms with Gasteiger partial charge in [-0.25, -0.2) is 9.31 Å². The lowest BCUT2D eigenvalue weighted by atomic mass is 10.0. The smallest absolute Gasteiger partial charge is 0.354 e. The van der Waals surface area contributed by atoms with Crippen molar-refractivity contribution in [3.63, 3.8) is 0 Å². The van der Waals surface area contributed by atoms with Crippen LogP contribution in [0, 0.1) is 0 Å². The van der Waals surface area contributed by atoms with Crippen molar-refractivity contribution in [2.24, 2.45) is 5.73 Å². The summed E-state index contributed by atoms with van der Waals surface area (Å²) in [5, 5.41) is 13.1. The molecule has 0 spiro atoms. The highest BCUT2D eigenvalue weighted by Gasteiger charge is 2.15. The van der Waals surface area contributed by atoms with E-state index in [1.807, 2.05) is 24.3 Å². The summed E-state index contributed by atoms with van der Waals surface area (Å²) in [7, 11) is 0. The van der Waals surface area contributed by atoms with Crippen LogP contribution in [0.15, 0.2) is 36.4 Å². The maximum atomic E-state index is 11.2. The number of hydrogen-bond acceptors (Lipinski definition) is 5. The lowest BCUT2D eigenvalue weighted by molar-refractivity contribution is 0.0687. The van der Waals surface area contributed by atoms with Crippen LogP contribution in [0.25, 0.3) is 16.8 Å². The van der Waals surface area contributed by atoms with Gasteiger partial charge < -0.3 is 16.6 Å².